The van der Waals surface area contributed by atoms with E-state index in [9.17, 15) is 9.59 Å². The van der Waals surface area contributed by atoms with Crippen molar-refractivity contribution >= 4 is 39.7 Å². The monoisotopic (exact) mass is 492 g/mol. The third kappa shape index (κ3) is 5.73. The molecule has 9 heteroatoms. The number of carbonyl (C=O) groups is 2. The fourth-order valence-corrected chi connectivity index (χ4v) is 5.08. The van der Waals surface area contributed by atoms with Crippen LogP contribution in [0.3, 0.4) is 0 Å². The Balaban J connectivity index is 1.56. The van der Waals surface area contributed by atoms with E-state index in [1.807, 2.05) is 60.8 Å². The van der Waals surface area contributed by atoms with Crippen molar-refractivity contribution in [1.82, 2.24) is 15.0 Å². The second-order valence-corrected chi connectivity index (χ2v) is 9.48. The summed E-state index contributed by atoms with van der Waals surface area (Å²) in [6, 6.07) is 15.6. The summed E-state index contributed by atoms with van der Waals surface area (Å²) in [5, 5.41) is 3.14. The standard InChI is InChI=1S/C25H24N4O3S2/c1-3-32-24(31)22-17(2)34-25(28-22)29(14-12-18-9-5-4-6-10-18)21(30)15-19-16-33-23(27-19)20-11-7-8-13-26-20/h4-11,13,16H,3,12,14-15H2,1-2H3. The molecule has 1 aromatic carbocycles. The van der Waals surface area contributed by atoms with Gasteiger partial charge in [0.15, 0.2) is 10.8 Å². The summed E-state index contributed by atoms with van der Waals surface area (Å²) >= 11 is 2.78. The van der Waals surface area contributed by atoms with Gasteiger partial charge in [-0.3, -0.25) is 14.7 Å². The lowest BCUT2D eigenvalue weighted by atomic mass is 10.1. The first-order valence-electron chi connectivity index (χ1n) is 10.9. The smallest absolute Gasteiger partial charge is 0.358 e. The second kappa shape index (κ2) is 11.1. The highest BCUT2D eigenvalue weighted by atomic mass is 32.1. The van der Waals surface area contributed by atoms with Gasteiger partial charge in [-0.25, -0.2) is 14.8 Å². The molecule has 3 aromatic heterocycles. The van der Waals surface area contributed by atoms with Crippen LogP contribution < -0.4 is 4.90 Å². The Morgan fingerprint density at radius 2 is 1.85 bits per heavy atom. The highest BCUT2D eigenvalue weighted by molar-refractivity contribution is 7.16. The molecule has 0 aliphatic heterocycles. The maximum Gasteiger partial charge on any atom is 0.358 e. The third-order valence-corrected chi connectivity index (χ3v) is 6.93. The summed E-state index contributed by atoms with van der Waals surface area (Å²) in [5.41, 5.74) is 2.83. The molecule has 34 heavy (non-hydrogen) atoms. The van der Waals surface area contributed by atoms with Gasteiger partial charge in [-0.2, -0.15) is 0 Å². The maximum atomic E-state index is 13.4. The zero-order valence-electron chi connectivity index (χ0n) is 18.9. The van der Waals surface area contributed by atoms with Crippen molar-refractivity contribution in [3.63, 3.8) is 0 Å². The lowest BCUT2D eigenvalue weighted by molar-refractivity contribution is -0.118. The fourth-order valence-electron chi connectivity index (χ4n) is 3.34. The van der Waals surface area contributed by atoms with E-state index in [1.165, 1.54) is 22.7 Å². The van der Waals surface area contributed by atoms with Gasteiger partial charge in [0.1, 0.15) is 5.01 Å². The van der Waals surface area contributed by atoms with E-state index in [4.69, 9.17) is 4.74 Å². The second-order valence-electron chi connectivity index (χ2n) is 7.44. The predicted octanol–water partition coefficient (Wildman–Crippen LogP) is 4.97. The van der Waals surface area contributed by atoms with E-state index in [0.29, 0.717) is 23.8 Å². The molecule has 0 radical (unpaired) electrons. The Morgan fingerprint density at radius 1 is 1.06 bits per heavy atom. The van der Waals surface area contributed by atoms with E-state index in [-0.39, 0.29) is 24.6 Å². The molecule has 0 bridgehead atoms. The number of ether oxygens (including phenoxy) is 1. The SMILES string of the molecule is CCOC(=O)c1nc(N(CCc2ccccc2)C(=O)Cc2csc(-c3ccccn3)n2)sc1C. The minimum Gasteiger partial charge on any atom is -0.461 e. The van der Waals surface area contributed by atoms with Gasteiger partial charge in [0.25, 0.3) is 0 Å². The van der Waals surface area contributed by atoms with Crippen LogP contribution in [0.25, 0.3) is 10.7 Å². The molecule has 0 N–H and O–H groups in total. The van der Waals surface area contributed by atoms with Crippen molar-refractivity contribution in [1.29, 1.82) is 0 Å². The Labute approximate surface area is 206 Å². The fraction of sp³-hybridized carbons (Fsp3) is 0.240. The number of nitrogens with zero attached hydrogens (tertiary/aromatic N) is 4. The molecule has 1 amide bonds. The summed E-state index contributed by atoms with van der Waals surface area (Å²) in [6.45, 7) is 4.27. The van der Waals surface area contributed by atoms with Gasteiger partial charge in [0, 0.05) is 23.0 Å². The number of amides is 1. The maximum absolute atomic E-state index is 13.4. The molecule has 0 aliphatic carbocycles. The van der Waals surface area contributed by atoms with Crippen molar-refractivity contribution in [3.05, 3.63) is 81.9 Å². The van der Waals surface area contributed by atoms with Crippen LogP contribution in [0.1, 0.15) is 33.5 Å². The number of benzene rings is 1. The molecule has 174 valence electrons. The van der Waals surface area contributed by atoms with E-state index >= 15 is 0 Å². The van der Waals surface area contributed by atoms with Crippen LogP contribution in [0.2, 0.25) is 0 Å². The minimum absolute atomic E-state index is 0.127. The topological polar surface area (TPSA) is 85.3 Å². The number of aryl methyl sites for hydroxylation is 1. The molecule has 0 spiro atoms. The van der Waals surface area contributed by atoms with Crippen molar-refractivity contribution in [2.24, 2.45) is 0 Å². The number of hydrogen-bond donors (Lipinski definition) is 0. The molecule has 0 unspecified atom stereocenters. The van der Waals surface area contributed by atoms with Crippen molar-refractivity contribution < 1.29 is 14.3 Å². The Hall–Kier alpha value is -3.43. The van der Waals surface area contributed by atoms with Crippen LogP contribution in [-0.4, -0.2) is 40.0 Å². The van der Waals surface area contributed by atoms with Crippen LogP contribution in [0.4, 0.5) is 5.13 Å². The van der Waals surface area contributed by atoms with Gasteiger partial charge in [0.05, 0.1) is 24.4 Å². The first-order chi connectivity index (χ1) is 16.5. The van der Waals surface area contributed by atoms with Crippen LogP contribution >= 0.6 is 22.7 Å². The van der Waals surface area contributed by atoms with E-state index in [2.05, 4.69) is 15.0 Å². The molecule has 0 fully saturated rings. The van der Waals surface area contributed by atoms with Crippen molar-refractivity contribution in [3.8, 4) is 10.7 Å². The lowest BCUT2D eigenvalue weighted by Crippen LogP contribution is -2.34. The Kier molecular flexibility index (Phi) is 7.76. The molecule has 0 aliphatic rings. The Bertz CT molecular complexity index is 1260. The summed E-state index contributed by atoms with van der Waals surface area (Å²) in [7, 11) is 0. The third-order valence-electron chi connectivity index (χ3n) is 5.02. The minimum atomic E-state index is -0.475. The molecule has 4 aromatic rings. The van der Waals surface area contributed by atoms with Gasteiger partial charge in [0.2, 0.25) is 5.91 Å². The highest BCUT2D eigenvalue weighted by Crippen LogP contribution is 2.28. The average Bonchev–Trinajstić information content (AvgIpc) is 3.47. The van der Waals surface area contributed by atoms with Crippen LogP contribution in [-0.2, 0) is 22.4 Å². The zero-order valence-corrected chi connectivity index (χ0v) is 20.6. The van der Waals surface area contributed by atoms with Crippen LogP contribution in [0.5, 0.6) is 0 Å². The summed E-state index contributed by atoms with van der Waals surface area (Å²) in [4.78, 5) is 41.5. The van der Waals surface area contributed by atoms with Crippen molar-refractivity contribution in [2.75, 3.05) is 18.1 Å². The number of thiazole rings is 2. The molecule has 0 atom stereocenters. The van der Waals surface area contributed by atoms with Crippen LogP contribution in [0.15, 0.2) is 60.1 Å². The van der Waals surface area contributed by atoms with Gasteiger partial charge in [-0.1, -0.05) is 36.4 Å². The van der Waals surface area contributed by atoms with Crippen molar-refractivity contribution in [2.45, 2.75) is 26.7 Å². The lowest BCUT2D eigenvalue weighted by Gasteiger charge is -2.19. The zero-order chi connectivity index (χ0) is 23.9. The first kappa shape index (κ1) is 23.7. The van der Waals surface area contributed by atoms with E-state index in [0.717, 1.165) is 21.1 Å². The van der Waals surface area contributed by atoms with E-state index in [1.54, 1.807) is 18.0 Å². The molecular formula is C25H24N4O3S2. The predicted molar refractivity (Wildman–Crippen MR) is 134 cm³/mol. The van der Waals surface area contributed by atoms with E-state index < -0.39 is 5.97 Å². The van der Waals surface area contributed by atoms with Gasteiger partial charge >= 0.3 is 5.97 Å². The normalized spacial score (nSPS) is 10.8. The quantitative estimate of drug-likeness (QED) is 0.307. The number of anilines is 1. The Morgan fingerprint density at radius 3 is 2.59 bits per heavy atom. The molecular weight excluding hydrogens is 468 g/mol. The molecule has 3 heterocycles. The number of esters is 1. The number of hydrogen-bond acceptors (Lipinski definition) is 8. The number of aromatic nitrogens is 3. The molecule has 7 nitrogen and oxygen atoms in total. The average molecular weight is 493 g/mol. The number of carbonyl (C=O) groups excluding carboxylic acids is 2. The molecule has 4 rings (SSSR count). The van der Waals surface area contributed by atoms with Gasteiger partial charge < -0.3 is 4.74 Å². The number of rotatable bonds is 9. The molecule has 0 saturated carbocycles. The first-order valence-corrected chi connectivity index (χ1v) is 12.6. The van der Waals surface area contributed by atoms with Gasteiger partial charge in [-0.15, -0.1) is 22.7 Å². The molecule has 0 saturated heterocycles. The largest absolute Gasteiger partial charge is 0.461 e. The summed E-state index contributed by atoms with van der Waals surface area (Å²) < 4.78 is 5.12. The van der Waals surface area contributed by atoms with Gasteiger partial charge in [-0.05, 0) is 38.0 Å². The summed E-state index contributed by atoms with van der Waals surface area (Å²) in [5.74, 6) is -0.601. The number of pyridine rings is 1. The summed E-state index contributed by atoms with van der Waals surface area (Å²) in [6.07, 6.45) is 2.51. The van der Waals surface area contributed by atoms with Crippen LogP contribution in [0, 0.1) is 6.92 Å². The highest BCUT2D eigenvalue weighted by Gasteiger charge is 2.24.